The summed E-state index contributed by atoms with van der Waals surface area (Å²) in [6.45, 7) is 3.55. The molecular formula is C15H21ClN2O5S. The molecular weight excluding hydrogens is 356 g/mol. The highest BCUT2D eigenvalue weighted by molar-refractivity contribution is 7.89. The van der Waals surface area contributed by atoms with E-state index in [0.717, 1.165) is 0 Å². The monoisotopic (exact) mass is 376 g/mol. The molecule has 0 bridgehead atoms. The number of nitrogens with zero attached hydrogens (tertiary/aromatic N) is 2. The Hall–Kier alpha value is -1.64. The number of carbonyl (C=O) groups excluding carboxylic acids is 2. The smallest absolute Gasteiger partial charge is 0.338 e. The third kappa shape index (κ3) is 4.68. The van der Waals surface area contributed by atoms with E-state index in [-0.39, 0.29) is 34.5 Å². The van der Waals surface area contributed by atoms with Gasteiger partial charge < -0.3 is 9.64 Å². The van der Waals surface area contributed by atoms with Crippen molar-refractivity contribution in [1.29, 1.82) is 0 Å². The van der Waals surface area contributed by atoms with Crippen LogP contribution in [0.5, 0.6) is 0 Å². The van der Waals surface area contributed by atoms with Crippen LogP contribution in [0.25, 0.3) is 0 Å². The van der Waals surface area contributed by atoms with Crippen LogP contribution < -0.4 is 0 Å². The number of hydrogen-bond donors (Lipinski definition) is 0. The highest BCUT2D eigenvalue weighted by atomic mass is 35.5. The van der Waals surface area contributed by atoms with Crippen LogP contribution in [0.1, 0.15) is 24.2 Å². The Balaban J connectivity index is 3.10. The Morgan fingerprint density at radius 1 is 1.17 bits per heavy atom. The first kappa shape index (κ1) is 20.4. The van der Waals surface area contributed by atoms with Crippen LogP contribution in [-0.4, -0.2) is 63.3 Å². The van der Waals surface area contributed by atoms with Crippen LogP contribution in [0.2, 0.25) is 5.02 Å². The van der Waals surface area contributed by atoms with Crippen LogP contribution in [0.3, 0.4) is 0 Å². The Bertz CT molecular complexity index is 715. The second kappa shape index (κ2) is 8.46. The first-order valence-electron chi connectivity index (χ1n) is 7.32. The fraction of sp³-hybridized carbons (Fsp3) is 0.467. The van der Waals surface area contributed by atoms with Gasteiger partial charge >= 0.3 is 5.97 Å². The molecule has 1 rings (SSSR count). The van der Waals surface area contributed by atoms with Crippen molar-refractivity contribution < 1.29 is 22.7 Å². The van der Waals surface area contributed by atoms with E-state index < -0.39 is 22.6 Å². The molecule has 0 fully saturated rings. The van der Waals surface area contributed by atoms with Crippen molar-refractivity contribution in [3.05, 3.63) is 28.8 Å². The number of carbonyl (C=O) groups is 2. The first-order chi connectivity index (χ1) is 11.1. The summed E-state index contributed by atoms with van der Waals surface area (Å²) in [5.74, 6) is -1.17. The van der Waals surface area contributed by atoms with Gasteiger partial charge in [-0.3, -0.25) is 4.79 Å². The molecule has 7 nitrogen and oxygen atoms in total. The van der Waals surface area contributed by atoms with Crippen LogP contribution in [-0.2, 0) is 19.6 Å². The minimum atomic E-state index is -3.81. The Kier molecular flexibility index (Phi) is 7.19. The van der Waals surface area contributed by atoms with Crippen LogP contribution in [0, 0.1) is 0 Å². The molecule has 0 aliphatic rings. The van der Waals surface area contributed by atoms with Gasteiger partial charge in [-0.15, -0.1) is 0 Å². The summed E-state index contributed by atoms with van der Waals surface area (Å²) in [6, 6.07) is 3.84. The maximum absolute atomic E-state index is 12.6. The quantitative estimate of drug-likeness (QED) is 0.675. The predicted molar refractivity (Wildman–Crippen MR) is 90.5 cm³/mol. The van der Waals surface area contributed by atoms with Gasteiger partial charge in [0.2, 0.25) is 10.0 Å². The number of likely N-dealkylation sites (N-methyl/N-ethyl adjacent to an activating group) is 1. The second-order valence-electron chi connectivity index (χ2n) is 5.10. The van der Waals surface area contributed by atoms with Gasteiger partial charge in [0, 0.05) is 27.2 Å². The van der Waals surface area contributed by atoms with Crippen molar-refractivity contribution in [2.24, 2.45) is 0 Å². The highest BCUT2D eigenvalue weighted by Gasteiger charge is 2.26. The normalized spacial score (nSPS) is 11.4. The van der Waals surface area contributed by atoms with E-state index in [1.165, 1.54) is 41.5 Å². The van der Waals surface area contributed by atoms with Crippen molar-refractivity contribution in [3.8, 4) is 0 Å². The summed E-state index contributed by atoms with van der Waals surface area (Å²) in [7, 11) is -0.744. The van der Waals surface area contributed by atoms with Gasteiger partial charge in [0.1, 0.15) is 4.90 Å². The lowest BCUT2D eigenvalue weighted by atomic mass is 10.2. The molecule has 0 unspecified atom stereocenters. The summed E-state index contributed by atoms with van der Waals surface area (Å²) >= 11 is 5.99. The van der Waals surface area contributed by atoms with E-state index in [0.29, 0.717) is 0 Å². The molecule has 0 aliphatic heterocycles. The molecule has 0 heterocycles. The van der Waals surface area contributed by atoms with E-state index in [9.17, 15) is 18.0 Å². The molecule has 0 aliphatic carbocycles. The highest BCUT2D eigenvalue weighted by Crippen LogP contribution is 2.26. The van der Waals surface area contributed by atoms with Crippen LogP contribution in [0.15, 0.2) is 23.1 Å². The molecule has 1 amide bonds. The lowest BCUT2D eigenvalue weighted by Gasteiger charge is -2.19. The molecule has 1 aromatic rings. The van der Waals surface area contributed by atoms with Crippen molar-refractivity contribution in [2.75, 3.05) is 33.8 Å². The molecule has 1 aromatic carbocycles. The van der Waals surface area contributed by atoms with Crippen molar-refractivity contribution >= 4 is 33.5 Å². The van der Waals surface area contributed by atoms with Gasteiger partial charge in [0.25, 0.3) is 5.91 Å². The number of ether oxygens (including phenoxy) is 1. The second-order valence-corrected chi connectivity index (χ2v) is 7.41. The zero-order valence-corrected chi connectivity index (χ0v) is 15.6. The fourth-order valence-electron chi connectivity index (χ4n) is 1.87. The number of hydrogen-bond acceptors (Lipinski definition) is 5. The largest absolute Gasteiger partial charge is 0.452 e. The lowest BCUT2D eigenvalue weighted by Crippen LogP contribution is -2.31. The molecule has 0 saturated heterocycles. The van der Waals surface area contributed by atoms with Gasteiger partial charge in [-0.05, 0) is 18.2 Å². The molecule has 0 atom stereocenters. The van der Waals surface area contributed by atoms with E-state index >= 15 is 0 Å². The van der Waals surface area contributed by atoms with Gasteiger partial charge in [-0.2, -0.15) is 4.31 Å². The maximum atomic E-state index is 12.6. The Morgan fingerprint density at radius 2 is 1.75 bits per heavy atom. The zero-order chi connectivity index (χ0) is 18.5. The standard InChI is InChI=1S/C15H21ClN2O5S/c1-5-18(6-2)24(21,22)13-9-11(7-8-12(13)16)15(20)23-10-14(19)17(3)4/h7-9H,5-6,10H2,1-4H3. The topological polar surface area (TPSA) is 84.0 Å². The fourth-order valence-corrected chi connectivity index (χ4v) is 3.83. The lowest BCUT2D eigenvalue weighted by molar-refractivity contribution is -0.131. The number of halogens is 1. The van der Waals surface area contributed by atoms with Crippen LogP contribution >= 0.6 is 11.6 Å². The minimum absolute atomic E-state index is 0.0108. The summed E-state index contributed by atoms with van der Waals surface area (Å²) in [5, 5.41) is 0.0165. The third-order valence-electron chi connectivity index (χ3n) is 3.32. The van der Waals surface area contributed by atoms with Gasteiger partial charge in [-0.25, -0.2) is 13.2 Å². The molecule has 0 saturated carbocycles. The van der Waals surface area contributed by atoms with E-state index in [4.69, 9.17) is 16.3 Å². The van der Waals surface area contributed by atoms with Gasteiger partial charge in [0.15, 0.2) is 6.61 Å². The Labute approximate surface area is 147 Å². The maximum Gasteiger partial charge on any atom is 0.338 e. The van der Waals surface area contributed by atoms with Gasteiger partial charge in [0.05, 0.1) is 10.6 Å². The summed E-state index contributed by atoms with van der Waals surface area (Å²) in [4.78, 5) is 24.6. The average Bonchev–Trinajstić information content (AvgIpc) is 2.53. The van der Waals surface area contributed by atoms with E-state index in [1.807, 2.05) is 0 Å². The summed E-state index contributed by atoms with van der Waals surface area (Å²) in [6.07, 6.45) is 0. The van der Waals surface area contributed by atoms with Gasteiger partial charge in [-0.1, -0.05) is 25.4 Å². The molecule has 134 valence electrons. The number of amides is 1. The number of esters is 1. The average molecular weight is 377 g/mol. The van der Waals surface area contributed by atoms with E-state index in [1.54, 1.807) is 13.8 Å². The minimum Gasteiger partial charge on any atom is -0.452 e. The SMILES string of the molecule is CCN(CC)S(=O)(=O)c1cc(C(=O)OCC(=O)N(C)C)ccc1Cl. The molecule has 0 spiro atoms. The molecule has 0 aromatic heterocycles. The molecule has 0 radical (unpaired) electrons. The molecule has 24 heavy (non-hydrogen) atoms. The number of sulfonamides is 1. The van der Waals surface area contributed by atoms with Crippen molar-refractivity contribution in [2.45, 2.75) is 18.7 Å². The summed E-state index contributed by atoms with van der Waals surface area (Å²) in [5.41, 5.74) is 0.0108. The van der Waals surface area contributed by atoms with E-state index in [2.05, 4.69) is 0 Å². The Morgan fingerprint density at radius 3 is 2.25 bits per heavy atom. The number of benzene rings is 1. The van der Waals surface area contributed by atoms with Crippen molar-refractivity contribution in [3.63, 3.8) is 0 Å². The molecule has 0 N–H and O–H groups in total. The zero-order valence-electron chi connectivity index (χ0n) is 14.1. The number of rotatable bonds is 7. The molecule has 9 heteroatoms. The summed E-state index contributed by atoms with van der Waals surface area (Å²) < 4.78 is 31.3. The van der Waals surface area contributed by atoms with Crippen molar-refractivity contribution in [1.82, 2.24) is 9.21 Å². The first-order valence-corrected chi connectivity index (χ1v) is 9.13. The third-order valence-corrected chi connectivity index (χ3v) is 5.85. The predicted octanol–water partition coefficient (Wildman–Crippen LogP) is 1.62. The van der Waals surface area contributed by atoms with Crippen LogP contribution in [0.4, 0.5) is 0 Å².